The van der Waals surface area contributed by atoms with Gasteiger partial charge in [0.25, 0.3) is 0 Å². The van der Waals surface area contributed by atoms with Crippen LogP contribution in [0.3, 0.4) is 0 Å². The molecule has 0 aliphatic heterocycles. The van der Waals surface area contributed by atoms with Gasteiger partial charge in [-0.3, -0.25) is 9.59 Å². The highest BCUT2D eigenvalue weighted by Crippen LogP contribution is 2.37. The van der Waals surface area contributed by atoms with E-state index in [4.69, 9.17) is 4.74 Å². The Kier molecular flexibility index (Phi) is 4.73. The average Bonchev–Trinajstić information content (AvgIpc) is 2.30. The molecule has 0 unspecified atom stereocenters. The molecule has 5 nitrogen and oxygen atoms in total. The Morgan fingerprint density at radius 3 is 2.28 bits per heavy atom. The summed E-state index contributed by atoms with van der Waals surface area (Å²) in [7, 11) is 2.99. The van der Waals surface area contributed by atoms with Crippen LogP contribution in [-0.4, -0.2) is 38.2 Å². The number of hydrogen-bond acceptors (Lipinski definition) is 4. The largest absolute Gasteiger partial charge is 0.469 e. The molecule has 0 saturated heterocycles. The Morgan fingerprint density at radius 2 is 1.89 bits per heavy atom. The first-order valence-corrected chi connectivity index (χ1v) is 6.25. The van der Waals surface area contributed by atoms with Gasteiger partial charge < -0.3 is 14.8 Å². The maximum atomic E-state index is 11.8. The van der Waals surface area contributed by atoms with Crippen molar-refractivity contribution in [1.82, 2.24) is 5.32 Å². The number of hydrogen-bond donors (Lipinski definition) is 1. The zero-order valence-electron chi connectivity index (χ0n) is 11.7. The fraction of sp³-hybridized carbons (Fsp3) is 0.846. The second-order valence-corrected chi connectivity index (χ2v) is 5.57. The molecule has 0 spiro atoms. The zero-order chi connectivity index (χ0) is 13.8. The van der Waals surface area contributed by atoms with Gasteiger partial charge in [-0.1, -0.05) is 0 Å². The van der Waals surface area contributed by atoms with Crippen molar-refractivity contribution in [3.8, 4) is 0 Å². The molecular formula is C13H23NO4. The van der Waals surface area contributed by atoms with Crippen LogP contribution in [0.25, 0.3) is 0 Å². The van der Waals surface area contributed by atoms with Crippen LogP contribution in [0.15, 0.2) is 0 Å². The van der Waals surface area contributed by atoms with Crippen molar-refractivity contribution >= 4 is 11.9 Å². The summed E-state index contributed by atoms with van der Waals surface area (Å²) in [6, 6.07) is 0. The van der Waals surface area contributed by atoms with E-state index in [1.54, 1.807) is 21.0 Å². The van der Waals surface area contributed by atoms with Gasteiger partial charge in [0.1, 0.15) is 0 Å². The fourth-order valence-electron chi connectivity index (χ4n) is 2.05. The van der Waals surface area contributed by atoms with E-state index in [2.05, 4.69) is 10.1 Å². The molecule has 0 aromatic heterocycles. The van der Waals surface area contributed by atoms with Crippen LogP contribution in [0.4, 0.5) is 0 Å². The number of esters is 1. The van der Waals surface area contributed by atoms with E-state index in [1.807, 2.05) is 0 Å². The smallest absolute Gasteiger partial charge is 0.313 e. The highest BCUT2D eigenvalue weighted by Gasteiger charge is 2.39. The number of ether oxygens (including phenoxy) is 2. The van der Waals surface area contributed by atoms with Crippen LogP contribution in [0.1, 0.15) is 39.5 Å². The molecule has 18 heavy (non-hydrogen) atoms. The van der Waals surface area contributed by atoms with Gasteiger partial charge in [0.15, 0.2) is 0 Å². The van der Waals surface area contributed by atoms with E-state index in [9.17, 15) is 9.59 Å². The Hall–Kier alpha value is -1.10. The van der Waals surface area contributed by atoms with Crippen LogP contribution in [0.2, 0.25) is 0 Å². The van der Waals surface area contributed by atoms with Gasteiger partial charge in [0.05, 0.1) is 24.5 Å². The summed E-state index contributed by atoms with van der Waals surface area (Å²) in [6.07, 6.45) is 3.32. The topological polar surface area (TPSA) is 64.6 Å². The fourth-order valence-corrected chi connectivity index (χ4v) is 2.05. The molecule has 1 aliphatic carbocycles. The van der Waals surface area contributed by atoms with Crippen LogP contribution in [-0.2, 0) is 19.1 Å². The molecule has 1 rings (SSSR count). The zero-order valence-corrected chi connectivity index (χ0v) is 11.7. The first-order chi connectivity index (χ1) is 8.35. The summed E-state index contributed by atoms with van der Waals surface area (Å²) in [5.41, 5.74) is -0.982. The molecule has 0 radical (unpaired) electrons. The Bertz CT molecular complexity index is 315. The number of carbonyl (C=O) groups excluding carboxylic acids is 2. The third-order valence-corrected chi connectivity index (χ3v) is 3.65. The highest BCUT2D eigenvalue weighted by atomic mass is 16.5. The number of rotatable bonds is 6. The molecule has 0 bridgehead atoms. The number of methoxy groups -OCH3 is 2. The lowest BCUT2D eigenvalue weighted by atomic mass is 9.77. The van der Waals surface area contributed by atoms with E-state index in [0.717, 1.165) is 19.3 Å². The molecule has 0 aromatic rings. The quantitative estimate of drug-likeness (QED) is 0.728. The van der Waals surface area contributed by atoms with Gasteiger partial charge in [-0.25, -0.2) is 0 Å². The molecule has 0 atom stereocenters. The summed E-state index contributed by atoms with van der Waals surface area (Å²) in [6.45, 7) is 3.77. The molecule has 104 valence electrons. The van der Waals surface area contributed by atoms with E-state index < -0.39 is 5.41 Å². The van der Waals surface area contributed by atoms with E-state index >= 15 is 0 Å². The summed E-state index contributed by atoms with van der Waals surface area (Å²) < 4.78 is 10.1. The van der Waals surface area contributed by atoms with Gasteiger partial charge in [0, 0.05) is 13.7 Å². The van der Waals surface area contributed by atoms with Crippen molar-refractivity contribution in [2.45, 2.75) is 45.1 Å². The molecule has 1 amide bonds. The van der Waals surface area contributed by atoms with E-state index in [-0.39, 0.29) is 24.0 Å². The second-order valence-electron chi connectivity index (χ2n) is 5.57. The second kappa shape index (κ2) is 5.69. The van der Waals surface area contributed by atoms with Crippen LogP contribution in [0.5, 0.6) is 0 Å². The molecule has 1 fully saturated rings. The van der Waals surface area contributed by atoms with Gasteiger partial charge in [0.2, 0.25) is 5.91 Å². The van der Waals surface area contributed by atoms with Crippen molar-refractivity contribution in [3.05, 3.63) is 0 Å². The van der Waals surface area contributed by atoms with Crippen molar-refractivity contribution < 1.29 is 19.1 Å². The predicted molar refractivity (Wildman–Crippen MR) is 67.0 cm³/mol. The summed E-state index contributed by atoms with van der Waals surface area (Å²) in [5, 5.41) is 2.78. The minimum Gasteiger partial charge on any atom is -0.469 e. The van der Waals surface area contributed by atoms with Crippen molar-refractivity contribution in [3.63, 3.8) is 0 Å². The van der Waals surface area contributed by atoms with Gasteiger partial charge in [-0.15, -0.1) is 0 Å². The standard InChI is InChI=1S/C13H23NO4/c1-12(2,11(16)17-3)9-14-10(15)8-13(18-4)6-5-7-13/h5-9H2,1-4H3,(H,14,15). The number of carbonyl (C=O) groups is 2. The average molecular weight is 257 g/mol. The van der Waals surface area contributed by atoms with Crippen molar-refractivity contribution in [2.75, 3.05) is 20.8 Å². The predicted octanol–water partition coefficient (Wildman–Crippen LogP) is 1.26. The molecule has 1 aliphatic rings. The SMILES string of the molecule is COC(=O)C(C)(C)CNC(=O)CC1(OC)CCC1. The third-order valence-electron chi connectivity index (χ3n) is 3.65. The summed E-state index contributed by atoms with van der Waals surface area (Å²) in [4.78, 5) is 23.3. The Morgan fingerprint density at radius 1 is 1.28 bits per heavy atom. The lowest BCUT2D eigenvalue weighted by molar-refractivity contribution is -0.150. The number of nitrogens with one attached hydrogen (secondary N) is 1. The summed E-state index contributed by atoms with van der Waals surface area (Å²) in [5.74, 6) is -0.401. The summed E-state index contributed by atoms with van der Waals surface area (Å²) >= 11 is 0. The van der Waals surface area contributed by atoms with Crippen LogP contribution >= 0.6 is 0 Å². The van der Waals surface area contributed by atoms with Gasteiger partial charge >= 0.3 is 5.97 Å². The lowest BCUT2D eigenvalue weighted by Gasteiger charge is -2.40. The lowest BCUT2D eigenvalue weighted by Crippen LogP contribution is -2.46. The third kappa shape index (κ3) is 3.45. The molecule has 0 heterocycles. The molecule has 0 aromatic carbocycles. The van der Waals surface area contributed by atoms with Gasteiger partial charge in [-0.2, -0.15) is 0 Å². The Labute approximate surface area is 108 Å². The maximum Gasteiger partial charge on any atom is 0.313 e. The van der Waals surface area contributed by atoms with Crippen molar-refractivity contribution in [1.29, 1.82) is 0 Å². The maximum absolute atomic E-state index is 11.8. The van der Waals surface area contributed by atoms with Gasteiger partial charge in [-0.05, 0) is 33.1 Å². The molecule has 1 N–H and O–H groups in total. The van der Waals surface area contributed by atoms with Crippen molar-refractivity contribution in [2.24, 2.45) is 5.41 Å². The molecule has 5 heteroatoms. The molecular weight excluding hydrogens is 234 g/mol. The number of amides is 1. The minimum atomic E-state index is -0.704. The van der Waals surface area contributed by atoms with Crippen LogP contribution < -0.4 is 5.32 Å². The van der Waals surface area contributed by atoms with E-state index in [0.29, 0.717) is 6.42 Å². The first-order valence-electron chi connectivity index (χ1n) is 6.25. The highest BCUT2D eigenvalue weighted by molar-refractivity contribution is 5.80. The first kappa shape index (κ1) is 15.0. The molecule has 1 saturated carbocycles. The monoisotopic (exact) mass is 257 g/mol. The normalized spacial score (nSPS) is 17.8. The van der Waals surface area contributed by atoms with Crippen LogP contribution in [0, 0.1) is 5.41 Å². The minimum absolute atomic E-state index is 0.0754. The Balaban J connectivity index is 2.39. The van der Waals surface area contributed by atoms with E-state index in [1.165, 1.54) is 7.11 Å².